The summed E-state index contributed by atoms with van der Waals surface area (Å²) in [5.41, 5.74) is 0.381. The maximum absolute atomic E-state index is 11.8. The number of benzene rings is 2. The van der Waals surface area contributed by atoms with E-state index in [-0.39, 0.29) is 17.8 Å². The largest absolute Gasteiger partial charge is 0.455 e. The summed E-state index contributed by atoms with van der Waals surface area (Å²) in [6.07, 6.45) is -0.0710. The second-order valence-corrected chi connectivity index (χ2v) is 5.16. The molecular weight excluding hydrogens is 336 g/mol. The molecule has 0 atom stereocenters. The van der Waals surface area contributed by atoms with Gasteiger partial charge in [-0.2, -0.15) is 0 Å². The summed E-state index contributed by atoms with van der Waals surface area (Å²) in [6.45, 7) is -0.546. The number of hydrogen-bond donors (Lipinski definition) is 1. The highest BCUT2D eigenvalue weighted by Gasteiger charge is 2.16. The Labute approximate surface area is 142 Å². The molecule has 0 fully saturated rings. The Bertz CT molecular complexity index is 779. The van der Waals surface area contributed by atoms with Crippen LogP contribution >= 0.6 is 11.6 Å². The number of nitrogens with one attached hydrogen (secondary N) is 1. The summed E-state index contributed by atoms with van der Waals surface area (Å²) in [5, 5.41) is 13.6. The molecule has 0 aromatic heterocycles. The number of rotatable bonds is 6. The minimum atomic E-state index is -0.670. The lowest BCUT2D eigenvalue weighted by molar-refractivity contribution is -0.383. The molecule has 0 aliphatic carbocycles. The third-order valence-electron chi connectivity index (χ3n) is 3.03. The fourth-order valence-corrected chi connectivity index (χ4v) is 2.12. The number of nitro groups is 1. The van der Waals surface area contributed by atoms with Crippen LogP contribution in [0.4, 0.5) is 11.4 Å². The van der Waals surface area contributed by atoms with Crippen molar-refractivity contribution in [3.63, 3.8) is 0 Å². The number of nitro benzene ring substituents is 1. The molecule has 0 saturated carbocycles. The van der Waals surface area contributed by atoms with Gasteiger partial charge < -0.3 is 10.1 Å². The molecule has 24 heavy (non-hydrogen) atoms. The van der Waals surface area contributed by atoms with E-state index >= 15 is 0 Å². The second-order valence-electron chi connectivity index (χ2n) is 4.75. The van der Waals surface area contributed by atoms with Crippen LogP contribution in [0.15, 0.2) is 48.5 Å². The minimum Gasteiger partial charge on any atom is -0.455 e. The van der Waals surface area contributed by atoms with Crippen LogP contribution < -0.4 is 5.32 Å². The van der Waals surface area contributed by atoms with E-state index in [4.69, 9.17) is 16.3 Å². The third-order valence-corrected chi connectivity index (χ3v) is 3.40. The summed E-state index contributed by atoms with van der Waals surface area (Å²) in [4.78, 5) is 33.8. The zero-order valence-electron chi connectivity index (χ0n) is 12.4. The number of carbonyl (C=O) groups excluding carboxylic acids is 2. The smallest absolute Gasteiger partial charge is 0.310 e. The van der Waals surface area contributed by atoms with Gasteiger partial charge in [0, 0.05) is 11.1 Å². The summed E-state index contributed by atoms with van der Waals surface area (Å²) in [7, 11) is 0. The number of amides is 1. The first-order chi connectivity index (χ1) is 11.5. The maximum Gasteiger partial charge on any atom is 0.310 e. The fraction of sp³-hybridized carbons (Fsp3) is 0.125. The average Bonchev–Trinajstić information content (AvgIpc) is 2.55. The van der Waals surface area contributed by atoms with Crippen LogP contribution in [0.25, 0.3) is 0 Å². The van der Waals surface area contributed by atoms with Gasteiger partial charge in [0.25, 0.3) is 11.6 Å². The van der Waals surface area contributed by atoms with Gasteiger partial charge in [-0.05, 0) is 17.7 Å². The highest BCUT2D eigenvalue weighted by Crippen LogP contribution is 2.23. The fourth-order valence-electron chi connectivity index (χ4n) is 1.92. The van der Waals surface area contributed by atoms with Crippen molar-refractivity contribution in [2.24, 2.45) is 0 Å². The van der Waals surface area contributed by atoms with Gasteiger partial charge in [0.15, 0.2) is 6.61 Å². The van der Waals surface area contributed by atoms with Crippen molar-refractivity contribution >= 4 is 34.9 Å². The van der Waals surface area contributed by atoms with E-state index < -0.39 is 23.4 Å². The summed E-state index contributed by atoms with van der Waals surface area (Å²) < 4.78 is 4.86. The number of hydrogen-bond acceptors (Lipinski definition) is 5. The molecule has 0 aliphatic rings. The molecule has 0 bridgehead atoms. The number of nitrogens with zero attached hydrogens (tertiary/aromatic N) is 1. The Balaban J connectivity index is 1.89. The van der Waals surface area contributed by atoms with Crippen LogP contribution in [-0.2, 0) is 20.7 Å². The zero-order chi connectivity index (χ0) is 17.5. The topological polar surface area (TPSA) is 98.5 Å². The number of para-hydroxylation sites is 2. The highest BCUT2D eigenvalue weighted by atomic mass is 35.5. The van der Waals surface area contributed by atoms with Gasteiger partial charge in [0.1, 0.15) is 5.69 Å². The van der Waals surface area contributed by atoms with E-state index in [2.05, 4.69) is 5.32 Å². The minimum absolute atomic E-state index is 0.0367. The average molecular weight is 349 g/mol. The quantitative estimate of drug-likeness (QED) is 0.491. The Kier molecular flexibility index (Phi) is 5.86. The van der Waals surface area contributed by atoms with E-state index in [0.29, 0.717) is 10.6 Å². The molecule has 0 heterocycles. The van der Waals surface area contributed by atoms with Gasteiger partial charge in [-0.25, -0.2) is 0 Å². The van der Waals surface area contributed by atoms with E-state index in [9.17, 15) is 19.7 Å². The Morgan fingerprint density at radius 2 is 1.79 bits per heavy atom. The van der Waals surface area contributed by atoms with Crippen molar-refractivity contribution in [2.75, 3.05) is 11.9 Å². The van der Waals surface area contributed by atoms with Crippen LogP contribution in [0.1, 0.15) is 5.56 Å². The molecule has 0 saturated heterocycles. The predicted octanol–water partition coefficient (Wildman–Crippen LogP) is 2.97. The van der Waals surface area contributed by atoms with Crippen molar-refractivity contribution in [1.82, 2.24) is 0 Å². The van der Waals surface area contributed by atoms with Crippen LogP contribution in [0.3, 0.4) is 0 Å². The van der Waals surface area contributed by atoms with Crippen molar-refractivity contribution in [3.05, 3.63) is 69.2 Å². The molecule has 0 aliphatic heterocycles. The predicted molar refractivity (Wildman–Crippen MR) is 87.8 cm³/mol. The Morgan fingerprint density at radius 1 is 1.12 bits per heavy atom. The monoisotopic (exact) mass is 348 g/mol. The van der Waals surface area contributed by atoms with Gasteiger partial charge in [-0.15, -0.1) is 0 Å². The third kappa shape index (κ3) is 4.79. The second kappa shape index (κ2) is 8.07. The lowest BCUT2D eigenvalue weighted by atomic mass is 10.1. The van der Waals surface area contributed by atoms with Gasteiger partial charge in [-0.1, -0.05) is 41.9 Å². The Hall–Kier alpha value is -2.93. The van der Waals surface area contributed by atoms with Gasteiger partial charge in [-0.3, -0.25) is 19.7 Å². The van der Waals surface area contributed by atoms with Gasteiger partial charge in [0.05, 0.1) is 11.3 Å². The van der Waals surface area contributed by atoms with Crippen molar-refractivity contribution in [3.8, 4) is 0 Å². The molecule has 2 aromatic carbocycles. The van der Waals surface area contributed by atoms with Gasteiger partial charge in [0.2, 0.25) is 0 Å². The molecule has 0 spiro atoms. The molecule has 1 amide bonds. The standard InChI is InChI=1S/C16H13ClN2O5/c17-12-6-2-1-5-11(12)9-16(21)24-10-15(20)18-13-7-3-4-8-14(13)19(22)23/h1-8H,9-10H2,(H,18,20). The molecule has 124 valence electrons. The molecule has 2 rings (SSSR count). The first-order valence-electron chi connectivity index (χ1n) is 6.89. The summed E-state index contributed by atoms with van der Waals surface area (Å²) in [6, 6.07) is 12.5. The first kappa shape index (κ1) is 17.4. The van der Waals surface area contributed by atoms with E-state index in [1.807, 2.05) is 0 Å². The van der Waals surface area contributed by atoms with Crippen LogP contribution in [0.5, 0.6) is 0 Å². The molecule has 0 unspecified atom stereocenters. The summed E-state index contributed by atoms with van der Waals surface area (Å²) >= 11 is 5.93. The first-order valence-corrected chi connectivity index (χ1v) is 7.27. The molecule has 8 heteroatoms. The normalized spacial score (nSPS) is 10.0. The lowest BCUT2D eigenvalue weighted by Crippen LogP contribution is -2.22. The van der Waals surface area contributed by atoms with Crippen LogP contribution in [0, 0.1) is 10.1 Å². The number of ether oxygens (including phenoxy) is 1. The highest BCUT2D eigenvalue weighted by molar-refractivity contribution is 6.31. The molecule has 0 radical (unpaired) electrons. The van der Waals surface area contributed by atoms with Crippen molar-refractivity contribution < 1.29 is 19.2 Å². The summed E-state index contributed by atoms with van der Waals surface area (Å²) in [5.74, 6) is -1.29. The van der Waals surface area contributed by atoms with E-state index in [1.165, 1.54) is 18.2 Å². The number of anilines is 1. The molecule has 7 nitrogen and oxygen atoms in total. The zero-order valence-corrected chi connectivity index (χ0v) is 13.2. The molecule has 1 N–H and O–H groups in total. The Morgan fingerprint density at radius 3 is 2.50 bits per heavy atom. The number of halogens is 1. The lowest BCUT2D eigenvalue weighted by Gasteiger charge is -2.07. The maximum atomic E-state index is 11.8. The number of carbonyl (C=O) groups is 2. The van der Waals surface area contributed by atoms with E-state index in [0.717, 1.165) is 0 Å². The van der Waals surface area contributed by atoms with Crippen LogP contribution in [-0.4, -0.2) is 23.4 Å². The van der Waals surface area contributed by atoms with Crippen LogP contribution in [0.2, 0.25) is 5.02 Å². The van der Waals surface area contributed by atoms with Gasteiger partial charge >= 0.3 is 5.97 Å². The van der Waals surface area contributed by atoms with Crippen molar-refractivity contribution in [2.45, 2.75) is 6.42 Å². The number of esters is 1. The SMILES string of the molecule is O=C(COC(=O)Cc1ccccc1Cl)Nc1ccccc1[N+](=O)[O-]. The molecule has 2 aromatic rings. The molecular formula is C16H13ClN2O5. The van der Waals surface area contributed by atoms with Crippen molar-refractivity contribution in [1.29, 1.82) is 0 Å². The van der Waals surface area contributed by atoms with E-state index in [1.54, 1.807) is 30.3 Å².